The van der Waals surface area contributed by atoms with Gasteiger partial charge in [0.15, 0.2) is 5.01 Å². The van der Waals surface area contributed by atoms with Gasteiger partial charge in [-0.3, -0.25) is 4.98 Å². The predicted molar refractivity (Wildman–Crippen MR) is 67.7 cm³/mol. The van der Waals surface area contributed by atoms with Crippen molar-refractivity contribution >= 4 is 11.3 Å². The fourth-order valence-electron chi connectivity index (χ4n) is 1.65. The molecule has 5 heteroatoms. The molecule has 0 aromatic carbocycles. The van der Waals surface area contributed by atoms with E-state index in [1.54, 1.807) is 17.5 Å². The molecule has 4 nitrogen and oxygen atoms in total. The number of hydrogen-bond acceptors (Lipinski definition) is 5. The molecule has 0 atom stereocenters. The van der Waals surface area contributed by atoms with E-state index in [4.69, 9.17) is 0 Å². The average Bonchev–Trinajstić information content (AvgIpc) is 3.06. The van der Waals surface area contributed by atoms with Gasteiger partial charge in [-0.05, 0) is 31.4 Å². The van der Waals surface area contributed by atoms with Crippen LogP contribution in [-0.4, -0.2) is 21.2 Å². The number of aromatic nitrogens is 3. The van der Waals surface area contributed by atoms with E-state index in [-0.39, 0.29) is 0 Å². The maximum atomic E-state index is 4.36. The van der Waals surface area contributed by atoms with Crippen molar-refractivity contribution in [2.45, 2.75) is 32.4 Å². The summed E-state index contributed by atoms with van der Waals surface area (Å²) in [5.74, 6) is 0. The van der Waals surface area contributed by atoms with Crippen molar-refractivity contribution in [2.24, 2.45) is 0 Å². The summed E-state index contributed by atoms with van der Waals surface area (Å²) in [6, 6.07) is 4.69. The van der Waals surface area contributed by atoms with Crippen LogP contribution < -0.4 is 5.32 Å². The zero-order valence-electron chi connectivity index (χ0n) is 9.68. The molecule has 3 rings (SSSR count). The number of hydrogen-bond donors (Lipinski definition) is 1. The van der Waals surface area contributed by atoms with Gasteiger partial charge >= 0.3 is 0 Å². The van der Waals surface area contributed by atoms with Crippen LogP contribution in [0.4, 0.5) is 0 Å². The highest BCUT2D eigenvalue weighted by atomic mass is 32.1. The van der Waals surface area contributed by atoms with Crippen LogP contribution in [0.25, 0.3) is 10.7 Å². The molecule has 1 N–H and O–H groups in total. The molecule has 1 saturated carbocycles. The third-order valence-corrected chi connectivity index (χ3v) is 3.73. The molecule has 0 spiro atoms. The van der Waals surface area contributed by atoms with Crippen molar-refractivity contribution < 1.29 is 0 Å². The Balaban J connectivity index is 1.77. The van der Waals surface area contributed by atoms with Crippen LogP contribution >= 0.6 is 11.3 Å². The quantitative estimate of drug-likeness (QED) is 0.898. The summed E-state index contributed by atoms with van der Waals surface area (Å²) >= 11 is 1.62. The molecule has 0 unspecified atom stereocenters. The lowest BCUT2D eigenvalue weighted by Crippen LogP contribution is -2.14. The minimum absolute atomic E-state index is 0.707. The third kappa shape index (κ3) is 2.50. The molecule has 1 aliphatic carbocycles. The Morgan fingerprint density at radius 2 is 2.29 bits per heavy atom. The number of nitrogens with one attached hydrogen (secondary N) is 1. The molecule has 0 radical (unpaired) electrons. The van der Waals surface area contributed by atoms with E-state index < -0.39 is 0 Å². The van der Waals surface area contributed by atoms with Crippen LogP contribution in [-0.2, 0) is 6.54 Å². The van der Waals surface area contributed by atoms with Crippen molar-refractivity contribution in [3.05, 3.63) is 28.9 Å². The summed E-state index contributed by atoms with van der Waals surface area (Å²) < 4.78 is 0. The van der Waals surface area contributed by atoms with E-state index in [9.17, 15) is 0 Å². The number of aryl methyl sites for hydroxylation is 1. The van der Waals surface area contributed by atoms with Gasteiger partial charge in [-0.2, -0.15) is 0 Å². The third-order valence-electron chi connectivity index (χ3n) is 2.80. The fraction of sp³-hybridized carbons (Fsp3) is 0.417. The fourth-order valence-corrected chi connectivity index (χ4v) is 2.50. The summed E-state index contributed by atoms with van der Waals surface area (Å²) in [7, 11) is 0. The maximum Gasteiger partial charge on any atom is 0.166 e. The highest BCUT2D eigenvalue weighted by molar-refractivity contribution is 7.14. The van der Waals surface area contributed by atoms with Gasteiger partial charge in [0.2, 0.25) is 0 Å². The van der Waals surface area contributed by atoms with Crippen molar-refractivity contribution in [3.63, 3.8) is 0 Å². The lowest BCUT2D eigenvalue weighted by Gasteiger charge is -1.98. The summed E-state index contributed by atoms with van der Waals surface area (Å²) in [6.45, 7) is 2.88. The Labute approximate surface area is 104 Å². The van der Waals surface area contributed by atoms with Gasteiger partial charge in [-0.1, -0.05) is 17.4 Å². The summed E-state index contributed by atoms with van der Waals surface area (Å²) in [5.41, 5.74) is 2.09. The normalized spacial score (nSPS) is 15.1. The zero-order valence-corrected chi connectivity index (χ0v) is 10.5. The monoisotopic (exact) mass is 246 g/mol. The first-order valence-corrected chi connectivity index (χ1v) is 6.62. The highest BCUT2D eigenvalue weighted by Crippen LogP contribution is 2.25. The number of nitrogens with zero attached hydrogens (tertiary/aromatic N) is 3. The Bertz CT molecular complexity index is 519. The second-order valence-corrected chi connectivity index (χ2v) is 5.39. The first kappa shape index (κ1) is 10.8. The number of rotatable bonds is 4. The standard InChI is InChI=1S/C12H14N4S/c1-8-3-2-6-13-11(8)12-16-15-10(17-12)7-14-9-4-5-9/h2-3,6,9,14H,4-5,7H2,1H3. The molecule has 2 heterocycles. The highest BCUT2D eigenvalue weighted by Gasteiger charge is 2.21. The molecule has 88 valence electrons. The molecule has 17 heavy (non-hydrogen) atoms. The van der Waals surface area contributed by atoms with Crippen molar-refractivity contribution in [1.82, 2.24) is 20.5 Å². The van der Waals surface area contributed by atoms with Crippen LogP contribution in [0.3, 0.4) is 0 Å². The van der Waals surface area contributed by atoms with Gasteiger partial charge in [0, 0.05) is 18.8 Å². The van der Waals surface area contributed by atoms with Gasteiger partial charge in [-0.15, -0.1) is 10.2 Å². The second-order valence-electron chi connectivity index (χ2n) is 4.33. The largest absolute Gasteiger partial charge is 0.308 e. The minimum atomic E-state index is 0.707. The van der Waals surface area contributed by atoms with Crippen LogP contribution in [0.2, 0.25) is 0 Å². The van der Waals surface area contributed by atoms with E-state index >= 15 is 0 Å². The Hall–Kier alpha value is -1.33. The maximum absolute atomic E-state index is 4.36. The SMILES string of the molecule is Cc1cccnc1-c1nnc(CNC2CC2)s1. The summed E-state index contributed by atoms with van der Waals surface area (Å²) in [4.78, 5) is 4.36. The molecule has 2 aromatic rings. The molecule has 0 bridgehead atoms. The van der Waals surface area contributed by atoms with Crippen LogP contribution in [0.1, 0.15) is 23.4 Å². The molecular weight excluding hydrogens is 232 g/mol. The molecule has 1 aliphatic rings. The van der Waals surface area contributed by atoms with Gasteiger partial charge in [-0.25, -0.2) is 0 Å². The number of pyridine rings is 1. The van der Waals surface area contributed by atoms with E-state index in [0.29, 0.717) is 6.04 Å². The van der Waals surface area contributed by atoms with Gasteiger partial charge in [0.1, 0.15) is 10.7 Å². The van der Waals surface area contributed by atoms with Crippen molar-refractivity contribution in [2.75, 3.05) is 0 Å². The molecular formula is C12H14N4S. The first-order chi connectivity index (χ1) is 8.33. The van der Waals surface area contributed by atoms with E-state index in [1.807, 2.05) is 19.1 Å². The first-order valence-electron chi connectivity index (χ1n) is 5.80. The Morgan fingerprint density at radius 3 is 3.06 bits per heavy atom. The van der Waals surface area contributed by atoms with Gasteiger partial charge < -0.3 is 5.32 Å². The topological polar surface area (TPSA) is 50.7 Å². The van der Waals surface area contributed by atoms with Gasteiger partial charge in [0.05, 0.1) is 0 Å². The van der Waals surface area contributed by atoms with Crippen molar-refractivity contribution in [1.29, 1.82) is 0 Å². The lowest BCUT2D eigenvalue weighted by molar-refractivity contribution is 0.679. The Morgan fingerprint density at radius 1 is 1.41 bits per heavy atom. The molecule has 0 saturated heterocycles. The average molecular weight is 246 g/mol. The van der Waals surface area contributed by atoms with Crippen LogP contribution in [0.15, 0.2) is 18.3 Å². The van der Waals surface area contributed by atoms with Crippen LogP contribution in [0, 0.1) is 6.92 Å². The lowest BCUT2D eigenvalue weighted by atomic mass is 10.2. The molecule has 0 amide bonds. The molecule has 1 fully saturated rings. The van der Waals surface area contributed by atoms with E-state index in [1.165, 1.54) is 12.8 Å². The van der Waals surface area contributed by atoms with Crippen molar-refractivity contribution in [3.8, 4) is 10.7 Å². The van der Waals surface area contributed by atoms with E-state index in [0.717, 1.165) is 27.8 Å². The zero-order chi connectivity index (χ0) is 11.7. The second kappa shape index (κ2) is 4.50. The van der Waals surface area contributed by atoms with Crippen LogP contribution in [0.5, 0.6) is 0 Å². The summed E-state index contributed by atoms with van der Waals surface area (Å²) in [5, 5.41) is 13.8. The molecule has 0 aliphatic heterocycles. The predicted octanol–water partition coefficient (Wildman–Crippen LogP) is 2.16. The minimum Gasteiger partial charge on any atom is -0.308 e. The van der Waals surface area contributed by atoms with E-state index in [2.05, 4.69) is 20.5 Å². The summed E-state index contributed by atoms with van der Waals surface area (Å²) in [6.07, 6.45) is 4.39. The van der Waals surface area contributed by atoms with Gasteiger partial charge in [0.25, 0.3) is 0 Å². The Kier molecular flexibility index (Phi) is 2.86. The molecule has 2 aromatic heterocycles. The smallest absolute Gasteiger partial charge is 0.166 e.